The number of carbonyl (C=O) groups is 1. The smallest absolute Gasteiger partial charge is 0.238 e. The molecule has 1 atom stereocenters. The summed E-state index contributed by atoms with van der Waals surface area (Å²) in [5.74, 6) is 0.477. The zero-order chi connectivity index (χ0) is 18.1. The number of amides is 1. The maximum absolute atomic E-state index is 12.5. The van der Waals surface area contributed by atoms with Gasteiger partial charge in [-0.25, -0.2) is 4.98 Å². The predicted molar refractivity (Wildman–Crippen MR) is 107 cm³/mol. The molecule has 1 amide bonds. The third-order valence-corrected chi connectivity index (χ3v) is 6.34. The molecule has 26 heavy (non-hydrogen) atoms. The van der Waals surface area contributed by atoms with E-state index in [4.69, 9.17) is 4.98 Å². The number of fused-ring (bicyclic) bond motifs is 1. The molecular formula is C20H24N4OS. The molecule has 3 heterocycles. The van der Waals surface area contributed by atoms with Gasteiger partial charge in [0, 0.05) is 12.5 Å². The Morgan fingerprint density at radius 2 is 2.19 bits per heavy atom. The van der Waals surface area contributed by atoms with Gasteiger partial charge >= 0.3 is 0 Å². The standard InChI is InChI=1S/C20H24N4OS/c1-13-10-21-14(2)19(13)23-18(25)12-24-9-5-6-15(11-24)20-22-16-7-3-4-8-17(16)26-20/h3-4,7-8,15H,5-6,9-12H2,1-2H3,(H,23,25). The number of carbonyl (C=O) groups excluding carboxylic acids is 1. The lowest BCUT2D eigenvalue weighted by Crippen LogP contribution is -2.42. The van der Waals surface area contributed by atoms with Gasteiger partial charge in [-0.1, -0.05) is 12.1 Å². The van der Waals surface area contributed by atoms with Crippen LogP contribution in [0.5, 0.6) is 0 Å². The van der Waals surface area contributed by atoms with Crippen molar-refractivity contribution in [1.82, 2.24) is 15.2 Å². The third-order valence-electron chi connectivity index (χ3n) is 5.14. The van der Waals surface area contributed by atoms with Gasteiger partial charge in [-0.05, 0) is 50.9 Å². The Morgan fingerprint density at radius 3 is 2.96 bits per heavy atom. The van der Waals surface area contributed by atoms with Crippen LogP contribution in [0, 0.1) is 0 Å². The van der Waals surface area contributed by atoms with Crippen LogP contribution in [0.25, 0.3) is 10.2 Å². The number of allylic oxidation sites excluding steroid dienone is 1. The highest BCUT2D eigenvalue weighted by Gasteiger charge is 2.26. The summed E-state index contributed by atoms with van der Waals surface area (Å²) >= 11 is 1.79. The molecule has 1 aromatic carbocycles. The predicted octanol–water partition coefficient (Wildman–Crippen LogP) is 3.34. The number of thiazole rings is 1. The highest BCUT2D eigenvalue weighted by Crippen LogP contribution is 2.32. The highest BCUT2D eigenvalue weighted by molar-refractivity contribution is 7.18. The van der Waals surface area contributed by atoms with Crippen LogP contribution in [0.4, 0.5) is 0 Å². The zero-order valence-electron chi connectivity index (χ0n) is 15.3. The molecule has 2 aliphatic rings. The van der Waals surface area contributed by atoms with Crippen LogP contribution in [0.1, 0.15) is 37.6 Å². The first-order valence-corrected chi connectivity index (χ1v) is 10.0. The lowest BCUT2D eigenvalue weighted by Gasteiger charge is -2.31. The van der Waals surface area contributed by atoms with E-state index in [0.717, 1.165) is 48.4 Å². The van der Waals surface area contributed by atoms with Crippen LogP contribution < -0.4 is 5.32 Å². The van der Waals surface area contributed by atoms with E-state index < -0.39 is 0 Å². The Hall–Kier alpha value is -2.05. The number of nitrogens with one attached hydrogen (secondary N) is 1. The molecule has 0 radical (unpaired) electrons. The van der Waals surface area contributed by atoms with Gasteiger partial charge in [0.15, 0.2) is 0 Å². The van der Waals surface area contributed by atoms with E-state index in [1.807, 2.05) is 19.9 Å². The van der Waals surface area contributed by atoms with Crippen molar-refractivity contribution in [2.75, 3.05) is 26.2 Å². The first-order chi connectivity index (χ1) is 12.6. The molecule has 5 nitrogen and oxygen atoms in total. The number of aliphatic imine (C=N–C) groups is 1. The van der Waals surface area contributed by atoms with Crippen LogP contribution >= 0.6 is 11.3 Å². The number of nitrogens with zero attached hydrogens (tertiary/aromatic N) is 3. The summed E-state index contributed by atoms with van der Waals surface area (Å²) < 4.78 is 1.25. The highest BCUT2D eigenvalue weighted by atomic mass is 32.1. The molecular weight excluding hydrogens is 344 g/mol. The third kappa shape index (κ3) is 3.57. The Bertz CT molecular complexity index is 865. The summed E-state index contributed by atoms with van der Waals surface area (Å²) in [6.45, 7) is 6.99. The summed E-state index contributed by atoms with van der Waals surface area (Å²) in [6.07, 6.45) is 2.25. The quantitative estimate of drug-likeness (QED) is 0.900. The van der Waals surface area contributed by atoms with Crippen LogP contribution in [0.15, 0.2) is 40.5 Å². The Morgan fingerprint density at radius 1 is 1.35 bits per heavy atom. The fourth-order valence-corrected chi connectivity index (χ4v) is 4.84. The topological polar surface area (TPSA) is 57.6 Å². The largest absolute Gasteiger partial charge is 0.323 e. The second-order valence-corrected chi connectivity index (χ2v) is 8.26. The average molecular weight is 369 g/mol. The van der Waals surface area contributed by atoms with Crippen LogP contribution in [0.3, 0.4) is 0 Å². The van der Waals surface area contributed by atoms with Crippen molar-refractivity contribution in [3.05, 3.63) is 40.5 Å². The van der Waals surface area contributed by atoms with Gasteiger partial charge in [0.25, 0.3) is 0 Å². The van der Waals surface area contributed by atoms with E-state index >= 15 is 0 Å². The van der Waals surface area contributed by atoms with Gasteiger partial charge < -0.3 is 5.32 Å². The number of hydrogen-bond donors (Lipinski definition) is 1. The lowest BCUT2D eigenvalue weighted by molar-refractivity contribution is -0.121. The molecule has 1 aromatic heterocycles. The zero-order valence-corrected chi connectivity index (χ0v) is 16.1. The van der Waals surface area contributed by atoms with E-state index in [-0.39, 0.29) is 5.91 Å². The van der Waals surface area contributed by atoms with Gasteiger partial charge in [-0.15, -0.1) is 11.3 Å². The number of aromatic nitrogens is 1. The molecule has 0 bridgehead atoms. The molecule has 1 saturated heterocycles. The SMILES string of the molecule is CC1=NCC(C)=C1NC(=O)CN1CCCC(c2nc3ccccc3s2)C1. The number of rotatable bonds is 4. The molecule has 4 rings (SSSR count). The minimum Gasteiger partial charge on any atom is -0.323 e. The average Bonchev–Trinajstić information content (AvgIpc) is 3.20. The number of piperidine rings is 1. The normalized spacial score (nSPS) is 21.3. The van der Waals surface area contributed by atoms with E-state index in [2.05, 4.69) is 33.4 Å². The first-order valence-electron chi connectivity index (χ1n) is 9.19. The van der Waals surface area contributed by atoms with Gasteiger partial charge in [0.1, 0.15) is 0 Å². The van der Waals surface area contributed by atoms with Crippen molar-refractivity contribution in [2.24, 2.45) is 4.99 Å². The van der Waals surface area contributed by atoms with Crippen LogP contribution in [-0.2, 0) is 4.79 Å². The number of likely N-dealkylation sites (tertiary alicyclic amines) is 1. The number of benzene rings is 1. The van der Waals surface area contributed by atoms with Crippen molar-refractivity contribution in [3.8, 4) is 0 Å². The van der Waals surface area contributed by atoms with Crippen molar-refractivity contribution in [1.29, 1.82) is 0 Å². The van der Waals surface area contributed by atoms with Gasteiger partial charge in [-0.3, -0.25) is 14.7 Å². The minimum absolute atomic E-state index is 0.0562. The van der Waals surface area contributed by atoms with Crippen molar-refractivity contribution >= 4 is 33.2 Å². The summed E-state index contributed by atoms with van der Waals surface area (Å²) in [7, 11) is 0. The molecule has 1 N–H and O–H groups in total. The van der Waals surface area contributed by atoms with Crippen molar-refractivity contribution in [3.63, 3.8) is 0 Å². The molecule has 0 spiro atoms. The molecule has 0 aliphatic carbocycles. The van der Waals surface area contributed by atoms with E-state index in [9.17, 15) is 4.79 Å². The molecule has 1 fully saturated rings. The molecule has 6 heteroatoms. The Kier molecular flexibility index (Phi) is 4.87. The van der Waals surface area contributed by atoms with Crippen LogP contribution in [-0.4, -0.2) is 47.7 Å². The maximum atomic E-state index is 12.5. The summed E-state index contributed by atoms with van der Waals surface area (Å²) in [5, 5.41) is 4.26. The number of hydrogen-bond acceptors (Lipinski definition) is 5. The summed E-state index contributed by atoms with van der Waals surface area (Å²) in [6, 6.07) is 8.30. The van der Waals surface area contributed by atoms with Crippen molar-refractivity contribution in [2.45, 2.75) is 32.6 Å². The monoisotopic (exact) mass is 368 g/mol. The van der Waals surface area contributed by atoms with Crippen molar-refractivity contribution < 1.29 is 4.79 Å². The van der Waals surface area contributed by atoms with Gasteiger partial charge in [0.2, 0.25) is 5.91 Å². The summed E-state index contributed by atoms with van der Waals surface area (Å²) in [5.41, 5.74) is 4.07. The second-order valence-electron chi connectivity index (χ2n) is 7.20. The Balaban J connectivity index is 1.40. The van der Waals surface area contributed by atoms with Gasteiger partial charge in [0.05, 0.1) is 39.7 Å². The molecule has 0 saturated carbocycles. The number of para-hydroxylation sites is 1. The van der Waals surface area contributed by atoms with E-state index in [1.54, 1.807) is 11.3 Å². The summed E-state index contributed by atoms with van der Waals surface area (Å²) in [4.78, 5) is 23.9. The Labute approximate surface area is 157 Å². The fraction of sp³-hybridized carbons (Fsp3) is 0.450. The molecule has 2 aliphatic heterocycles. The molecule has 136 valence electrons. The van der Waals surface area contributed by atoms with Crippen LogP contribution in [0.2, 0.25) is 0 Å². The van der Waals surface area contributed by atoms with E-state index in [1.165, 1.54) is 9.71 Å². The fourth-order valence-electron chi connectivity index (χ4n) is 3.75. The second kappa shape index (κ2) is 7.29. The molecule has 1 unspecified atom stereocenters. The maximum Gasteiger partial charge on any atom is 0.238 e. The lowest BCUT2D eigenvalue weighted by atomic mass is 9.99. The minimum atomic E-state index is 0.0562. The van der Waals surface area contributed by atoms with Gasteiger partial charge in [-0.2, -0.15) is 0 Å². The first kappa shape index (κ1) is 17.4. The van der Waals surface area contributed by atoms with E-state index in [0.29, 0.717) is 19.0 Å². The molecule has 2 aromatic rings.